The lowest BCUT2D eigenvalue weighted by atomic mass is 9.85. The maximum atomic E-state index is 14.1. The van der Waals surface area contributed by atoms with Crippen LogP contribution >= 0.6 is 0 Å². The summed E-state index contributed by atoms with van der Waals surface area (Å²) in [6.07, 6.45) is 5.48. The highest BCUT2D eigenvalue weighted by Gasteiger charge is 2.43. The molecule has 1 heterocycles. The van der Waals surface area contributed by atoms with E-state index in [1.807, 2.05) is 48.2 Å². The third-order valence-corrected chi connectivity index (χ3v) is 7.94. The number of piperazine rings is 1. The van der Waals surface area contributed by atoms with Crippen LogP contribution < -0.4 is 18.9 Å². The van der Waals surface area contributed by atoms with Gasteiger partial charge in [0, 0.05) is 12.6 Å². The Hall–Kier alpha value is -3.42. The zero-order valence-electron chi connectivity index (χ0n) is 23.9. The molecule has 0 radical (unpaired) electrons. The smallest absolute Gasteiger partial charge is 0.250 e. The van der Waals surface area contributed by atoms with Gasteiger partial charge in [-0.15, -0.1) is 0 Å². The largest absolute Gasteiger partial charge is 0.493 e. The van der Waals surface area contributed by atoms with Crippen molar-refractivity contribution in [2.75, 3.05) is 41.0 Å². The SMILES string of the molecule is CCCOc1ccc([C@H]2C(=O)N(C3CCC(C)CC3)CC(=O)N2CCc2ccc(OC)c(OC)c2)cc1OC. The van der Waals surface area contributed by atoms with E-state index >= 15 is 0 Å². The zero-order valence-corrected chi connectivity index (χ0v) is 23.9. The molecule has 8 nitrogen and oxygen atoms in total. The average Bonchev–Trinajstić information content (AvgIpc) is 2.96. The van der Waals surface area contributed by atoms with E-state index in [0.717, 1.165) is 43.2 Å². The highest BCUT2D eigenvalue weighted by molar-refractivity contribution is 5.96. The van der Waals surface area contributed by atoms with Gasteiger partial charge in [-0.25, -0.2) is 0 Å². The summed E-state index contributed by atoms with van der Waals surface area (Å²) in [5, 5.41) is 0. The van der Waals surface area contributed by atoms with Crippen molar-refractivity contribution in [2.24, 2.45) is 5.92 Å². The molecule has 8 heteroatoms. The molecular weight excluding hydrogens is 496 g/mol. The highest BCUT2D eigenvalue weighted by Crippen LogP contribution is 2.37. The molecule has 1 atom stereocenters. The van der Waals surface area contributed by atoms with Gasteiger partial charge < -0.3 is 28.7 Å². The molecule has 0 aromatic heterocycles. The molecule has 1 saturated heterocycles. The number of carbonyl (C=O) groups excluding carboxylic acids is 2. The number of hydrogen-bond donors (Lipinski definition) is 0. The first-order valence-electron chi connectivity index (χ1n) is 14.0. The van der Waals surface area contributed by atoms with Crippen molar-refractivity contribution >= 4 is 11.8 Å². The molecule has 1 aliphatic carbocycles. The second-order valence-corrected chi connectivity index (χ2v) is 10.6. The molecule has 0 unspecified atom stereocenters. The van der Waals surface area contributed by atoms with E-state index < -0.39 is 6.04 Å². The average molecular weight is 539 g/mol. The van der Waals surface area contributed by atoms with Gasteiger partial charge in [0.1, 0.15) is 12.6 Å². The number of nitrogens with zero attached hydrogens (tertiary/aromatic N) is 2. The van der Waals surface area contributed by atoms with Crippen molar-refractivity contribution in [1.29, 1.82) is 0 Å². The minimum atomic E-state index is -0.722. The number of ether oxygens (including phenoxy) is 4. The molecule has 2 amide bonds. The summed E-state index contributed by atoms with van der Waals surface area (Å²) in [4.78, 5) is 31.4. The zero-order chi connectivity index (χ0) is 27.9. The van der Waals surface area contributed by atoms with Gasteiger partial charge in [0.25, 0.3) is 5.91 Å². The van der Waals surface area contributed by atoms with Crippen molar-refractivity contribution < 1.29 is 28.5 Å². The summed E-state index contributed by atoms with van der Waals surface area (Å²) in [7, 11) is 4.80. The van der Waals surface area contributed by atoms with Crippen LogP contribution in [0.5, 0.6) is 23.0 Å². The van der Waals surface area contributed by atoms with Crippen LogP contribution in [0.15, 0.2) is 36.4 Å². The van der Waals surface area contributed by atoms with Crippen LogP contribution in [-0.4, -0.2) is 68.7 Å². The predicted molar refractivity (Wildman–Crippen MR) is 150 cm³/mol. The number of methoxy groups -OCH3 is 3. The molecule has 0 N–H and O–H groups in total. The lowest BCUT2D eigenvalue weighted by Crippen LogP contribution is -2.59. The van der Waals surface area contributed by atoms with E-state index in [9.17, 15) is 9.59 Å². The van der Waals surface area contributed by atoms with E-state index in [4.69, 9.17) is 18.9 Å². The second-order valence-electron chi connectivity index (χ2n) is 10.6. The van der Waals surface area contributed by atoms with Crippen molar-refractivity contribution in [2.45, 2.75) is 64.5 Å². The molecule has 39 heavy (non-hydrogen) atoms. The minimum absolute atomic E-state index is 0.0225. The van der Waals surface area contributed by atoms with E-state index in [1.165, 1.54) is 0 Å². The maximum absolute atomic E-state index is 14.1. The van der Waals surface area contributed by atoms with Gasteiger partial charge in [0.2, 0.25) is 5.91 Å². The molecule has 4 rings (SSSR count). The van der Waals surface area contributed by atoms with Gasteiger partial charge in [-0.1, -0.05) is 26.0 Å². The van der Waals surface area contributed by atoms with Crippen LogP contribution in [0.2, 0.25) is 0 Å². The van der Waals surface area contributed by atoms with Gasteiger partial charge in [0.15, 0.2) is 23.0 Å². The van der Waals surface area contributed by atoms with Gasteiger partial charge in [-0.3, -0.25) is 9.59 Å². The van der Waals surface area contributed by atoms with Crippen LogP contribution in [0, 0.1) is 5.92 Å². The molecule has 2 aromatic rings. The van der Waals surface area contributed by atoms with Crippen LogP contribution in [0.25, 0.3) is 0 Å². The summed E-state index contributed by atoms with van der Waals surface area (Å²) < 4.78 is 22.3. The van der Waals surface area contributed by atoms with E-state index in [1.54, 1.807) is 26.2 Å². The molecule has 212 valence electrons. The van der Waals surface area contributed by atoms with Gasteiger partial charge in [-0.05, 0) is 79.8 Å². The Balaban J connectivity index is 1.64. The van der Waals surface area contributed by atoms with Gasteiger partial charge >= 0.3 is 0 Å². The molecule has 1 aliphatic heterocycles. The lowest BCUT2D eigenvalue weighted by Gasteiger charge is -2.45. The van der Waals surface area contributed by atoms with Crippen LogP contribution in [0.3, 0.4) is 0 Å². The lowest BCUT2D eigenvalue weighted by molar-refractivity contribution is -0.159. The second kappa shape index (κ2) is 13.1. The monoisotopic (exact) mass is 538 g/mol. The maximum Gasteiger partial charge on any atom is 0.250 e. The summed E-state index contributed by atoms with van der Waals surface area (Å²) in [5.74, 6) is 3.08. The quantitative estimate of drug-likeness (QED) is 0.399. The fourth-order valence-corrected chi connectivity index (χ4v) is 5.66. The van der Waals surface area contributed by atoms with Crippen molar-refractivity contribution in [1.82, 2.24) is 9.80 Å². The molecule has 0 bridgehead atoms. The Labute approximate surface area is 232 Å². The first-order valence-corrected chi connectivity index (χ1v) is 14.0. The molecule has 1 saturated carbocycles. The van der Waals surface area contributed by atoms with Crippen LogP contribution in [0.1, 0.15) is 63.1 Å². The number of hydrogen-bond acceptors (Lipinski definition) is 6. The molecule has 2 aliphatic rings. The normalized spacial score (nSPS) is 21.6. The third kappa shape index (κ3) is 6.43. The third-order valence-electron chi connectivity index (χ3n) is 7.94. The fourth-order valence-electron chi connectivity index (χ4n) is 5.66. The minimum Gasteiger partial charge on any atom is -0.493 e. The summed E-state index contributed by atoms with van der Waals surface area (Å²) in [6.45, 7) is 5.39. The van der Waals surface area contributed by atoms with Crippen molar-refractivity contribution in [3.05, 3.63) is 47.5 Å². The number of rotatable bonds is 11. The molecule has 2 fully saturated rings. The number of amides is 2. The standard InChI is InChI=1S/C31H42N2O6/c1-6-17-39-26-14-10-23(19-28(26)38-5)30-31(35)33(24-11-7-21(2)8-12-24)20-29(34)32(30)16-15-22-9-13-25(36-3)27(18-22)37-4/h9-10,13-14,18-19,21,24,30H,6-8,11-12,15-17,20H2,1-5H3/t21?,24?,30-/m0/s1. The van der Waals surface area contributed by atoms with Crippen molar-refractivity contribution in [3.63, 3.8) is 0 Å². The first-order chi connectivity index (χ1) is 18.9. The van der Waals surface area contributed by atoms with Crippen LogP contribution in [0.4, 0.5) is 0 Å². The number of benzene rings is 2. The molecule has 0 spiro atoms. The Morgan fingerprint density at radius 1 is 0.846 bits per heavy atom. The van der Waals surface area contributed by atoms with Gasteiger partial charge in [-0.2, -0.15) is 0 Å². The Morgan fingerprint density at radius 2 is 1.51 bits per heavy atom. The van der Waals surface area contributed by atoms with E-state index in [-0.39, 0.29) is 24.4 Å². The van der Waals surface area contributed by atoms with E-state index in [2.05, 4.69) is 6.92 Å². The van der Waals surface area contributed by atoms with E-state index in [0.29, 0.717) is 48.5 Å². The fraction of sp³-hybridized carbons (Fsp3) is 0.548. The van der Waals surface area contributed by atoms with Gasteiger partial charge in [0.05, 0.1) is 27.9 Å². The first kappa shape index (κ1) is 28.6. The summed E-state index contributed by atoms with van der Waals surface area (Å²) >= 11 is 0. The molecular formula is C31H42N2O6. The summed E-state index contributed by atoms with van der Waals surface area (Å²) in [5.41, 5.74) is 1.73. The summed E-state index contributed by atoms with van der Waals surface area (Å²) in [6, 6.07) is 10.7. The highest BCUT2D eigenvalue weighted by atomic mass is 16.5. The number of carbonyl (C=O) groups is 2. The Morgan fingerprint density at radius 3 is 2.18 bits per heavy atom. The Kier molecular flexibility index (Phi) is 9.59. The Bertz CT molecular complexity index is 1140. The van der Waals surface area contributed by atoms with Crippen LogP contribution in [-0.2, 0) is 16.0 Å². The predicted octanol–water partition coefficient (Wildman–Crippen LogP) is 5.03. The van der Waals surface area contributed by atoms with Crippen molar-refractivity contribution in [3.8, 4) is 23.0 Å². The molecule has 2 aromatic carbocycles. The topological polar surface area (TPSA) is 77.5 Å².